The summed E-state index contributed by atoms with van der Waals surface area (Å²) < 4.78 is 5.65. The fourth-order valence-corrected chi connectivity index (χ4v) is 2.35. The van der Waals surface area contributed by atoms with Crippen molar-refractivity contribution in [2.24, 2.45) is 0 Å². The number of carbonyl (C=O) groups excluding carboxylic acids is 1. The predicted octanol–water partition coefficient (Wildman–Crippen LogP) is 3.02. The van der Waals surface area contributed by atoms with Gasteiger partial charge in [-0.1, -0.05) is 33.1 Å². The van der Waals surface area contributed by atoms with Crippen LogP contribution in [0.5, 0.6) is 5.75 Å². The van der Waals surface area contributed by atoms with Gasteiger partial charge in [0.05, 0.1) is 19.3 Å². The second-order valence-electron chi connectivity index (χ2n) is 5.65. The van der Waals surface area contributed by atoms with Crippen LogP contribution < -0.4 is 15.4 Å². The van der Waals surface area contributed by atoms with Gasteiger partial charge in [-0.15, -0.1) is 0 Å². The number of hydrogen-bond acceptors (Lipinski definition) is 4. The molecule has 1 amide bonds. The Morgan fingerprint density at radius 2 is 1.92 bits per heavy atom. The molecule has 24 heavy (non-hydrogen) atoms. The molecule has 0 bridgehead atoms. The largest absolute Gasteiger partial charge is 0.494 e. The van der Waals surface area contributed by atoms with Crippen molar-refractivity contribution in [3.05, 3.63) is 29.8 Å². The quantitative estimate of drug-likeness (QED) is 0.446. The number of benzene rings is 1. The van der Waals surface area contributed by atoms with Crippen molar-refractivity contribution >= 4 is 23.2 Å². The van der Waals surface area contributed by atoms with Gasteiger partial charge in [0.2, 0.25) is 0 Å². The van der Waals surface area contributed by atoms with Crippen molar-refractivity contribution in [2.45, 2.75) is 52.0 Å². The summed E-state index contributed by atoms with van der Waals surface area (Å²) in [5.41, 5.74) is 0.509. The average Bonchev–Trinajstić information content (AvgIpc) is 2.60. The minimum atomic E-state index is -0.283. The van der Waals surface area contributed by atoms with Crippen LogP contribution in [-0.2, 0) is 0 Å². The van der Waals surface area contributed by atoms with E-state index in [4.69, 9.17) is 22.1 Å². The lowest BCUT2D eigenvalue weighted by atomic mass is 10.2. The van der Waals surface area contributed by atoms with E-state index in [0.29, 0.717) is 12.2 Å². The van der Waals surface area contributed by atoms with Crippen LogP contribution in [0.2, 0.25) is 0 Å². The van der Waals surface area contributed by atoms with E-state index < -0.39 is 0 Å². The van der Waals surface area contributed by atoms with Crippen LogP contribution in [0.1, 0.15) is 56.3 Å². The van der Waals surface area contributed by atoms with Crippen LogP contribution >= 0.6 is 12.2 Å². The number of thiocarbonyl (C=S) groups is 1. The summed E-state index contributed by atoms with van der Waals surface area (Å²) in [7, 11) is 0. The Kier molecular flexibility index (Phi) is 10.0. The van der Waals surface area contributed by atoms with Gasteiger partial charge in [-0.25, -0.2) is 0 Å². The van der Waals surface area contributed by atoms with Gasteiger partial charge in [-0.2, -0.15) is 0 Å². The Balaban J connectivity index is 2.41. The molecular formula is C18H28N2O3S. The number of hydrogen-bond donors (Lipinski definition) is 3. The molecule has 0 aliphatic carbocycles. The summed E-state index contributed by atoms with van der Waals surface area (Å²) in [4.78, 5) is 12.1. The van der Waals surface area contributed by atoms with Crippen molar-refractivity contribution in [2.75, 3.05) is 13.2 Å². The summed E-state index contributed by atoms with van der Waals surface area (Å²) in [5.74, 6) is 0.477. The SMILES string of the molecule is CCCCCCOc1ccc(C(=O)NC(=S)NC(CC)CO)cc1. The van der Waals surface area contributed by atoms with E-state index in [0.717, 1.165) is 18.6 Å². The third-order valence-electron chi connectivity index (χ3n) is 3.66. The van der Waals surface area contributed by atoms with Crippen LogP contribution in [-0.4, -0.2) is 35.4 Å². The van der Waals surface area contributed by atoms with Gasteiger partial charge in [0.15, 0.2) is 5.11 Å². The lowest BCUT2D eigenvalue weighted by Gasteiger charge is -2.16. The highest BCUT2D eigenvalue weighted by Gasteiger charge is 2.11. The molecule has 0 saturated heterocycles. The van der Waals surface area contributed by atoms with Crippen LogP contribution in [0.15, 0.2) is 24.3 Å². The molecule has 0 spiro atoms. The third-order valence-corrected chi connectivity index (χ3v) is 3.88. The summed E-state index contributed by atoms with van der Waals surface area (Å²) in [6.07, 6.45) is 5.37. The first-order valence-electron chi connectivity index (χ1n) is 8.56. The third kappa shape index (κ3) is 7.75. The zero-order valence-electron chi connectivity index (χ0n) is 14.5. The van der Waals surface area contributed by atoms with Crippen molar-refractivity contribution in [1.29, 1.82) is 0 Å². The molecule has 3 N–H and O–H groups in total. The predicted molar refractivity (Wildman–Crippen MR) is 100 cm³/mol. The fourth-order valence-electron chi connectivity index (χ4n) is 2.09. The second-order valence-corrected chi connectivity index (χ2v) is 6.06. The first-order valence-corrected chi connectivity index (χ1v) is 8.97. The Morgan fingerprint density at radius 3 is 2.50 bits per heavy atom. The standard InChI is InChI=1S/C18H28N2O3S/c1-3-5-6-7-12-23-16-10-8-14(9-11-16)17(22)20-18(24)19-15(4-2)13-21/h8-11,15,21H,3-7,12-13H2,1-2H3,(H2,19,20,22,24). The summed E-state index contributed by atoms with van der Waals surface area (Å²) in [5, 5.41) is 14.9. The highest BCUT2D eigenvalue weighted by Crippen LogP contribution is 2.13. The monoisotopic (exact) mass is 352 g/mol. The van der Waals surface area contributed by atoms with Crippen LogP contribution in [0, 0.1) is 0 Å². The van der Waals surface area contributed by atoms with Gasteiger partial charge >= 0.3 is 0 Å². The Morgan fingerprint density at radius 1 is 1.21 bits per heavy atom. The highest BCUT2D eigenvalue weighted by molar-refractivity contribution is 7.80. The maximum atomic E-state index is 12.1. The molecule has 134 valence electrons. The van der Waals surface area contributed by atoms with Gasteiger partial charge in [0, 0.05) is 5.56 Å². The Labute approximate surface area is 149 Å². The molecule has 0 heterocycles. The maximum absolute atomic E-state index is 12.1. The summed E-state index contributed by atoms with van der Waals surface area (Å²) in [6, 6.07) is 6.84. The van der Waals surface area contributed by atoms with Crippen molar-refractivity contribution in [1.82, 2.24) is 10.6 Å². The molecule has 1 rings (SSSR count). The molecule has 0 aliphatic rings. The number of unbranched alkanes of at least 4 members (excludes halogenated alkanes) is 3. The Bertz CT molecular complexity index is 501. The average molecular weight is 353 g/mol. The number of rotatable bonds is 10. The van der Waals surface area contributed by atoms with Crippen molar-refractivity contribution < 1.29 is 14.6 Å². The van der Waals surface area contributed by atoms with E-state index in [1.807, 2.05) is 6.92 Å². The molecule has 1 aromatic carbocycles. The molecule has 0 fully saturated rings. The van der Waals surface area contributed by atoms with E-state index in [1.165, 1.54) is 19.3 Å². The lowest BCUT2D eigenvalue weighted by molar-refractivity contribution is 0.0976. The molecule has 6 heteroatoms. The van der Waals surface area contributed by atoms with E-state index in [2.05, 4.69) is 17.6 Å². The summed E-state index contributed by atoms with van der Waals surface area (Å²) >= 11 is 5.08. The van der Waals surface area contributed by atoms with Gasteiger partial charge in [0.1, 0.15) is 5.75 Å². The second kappa shape index (κ2) is 11.8. The molecule has 1 aromatic rings. The number of aliphatic hydroxyl groups excluding tert-OH is 1. The van der Waals surface area contributed by atoms with Gasteiger partial charge in [0.25, 0.3) is 5.91 Å². The van der Waals surface area contributed by atoms with E-state index in [-0.39, 0.29) is 23.7 Å². The number of amides is 1. The number of carbonyl (C=O) groups is 1. The molecule has 1 atom stereocenters. The number of nitrogens with one attached hydrogen (secondary N) is 2. The molecule has 1 unspecified atom stereocenters. The van der Waals surface area contributed by atoms with E-state index >= 15 is 0 Å². The zero-order chi connectivity index (χ0) is 17.8. The molecule has 5 nitrogen and oxygen atoms in total. The molecule has 0 radical (unpaired) electrons. The van der Waals surface area contributed by atoms with Crippen LogP contribution in [0.4, 0.5) is 0 Å². The number of ether oxygens (including phenoxy) is 1. The van der Waals surface area contributed by atoms with Crippen LogP contribution in [0.25, 0.3) is 0 Å². The van der Waals surface area contributed by atoms with Crippen molar-refractivity contribution in [3.8, 4) is 5.75 Å². The molecule has 0 aliphatic heterocycles. The molecular weight excluding hydrogens is 324 g/mol. The molecule has 0 saturated carbocycles. The fraction of sp³-hybridized carbons (Fsp3) is 0.556. The van der Waals surface area contributed by atoms with Gasteiger partial charge in [-0.3, -0.25) is 10.1 Å². The topological polar surface area (TPSA) is 70.6 Å². The smallest absolute Gasteiger partial charge is 0.257 e. The summed E-state index contributed by atoms with van der Waals surface area (Å²) in [6.45, 7) is 4.77. The maximum Gasteiger partial charge on any atom is 0.257 e. The Hall–Kier alpha value is -1.66. The highest BCUT2D eigenvalue weighted by atomic mass is 32.1. The molecule has 0 aromatic heterocycles. The lowest BCUT2D eigenvalue weighted by Crippen LogP contribution is -2.45. The van der Waals surface area contributed by atoms with Gasteiger partial charge < -0.3 is 15.2 Å². The minimum Gasteiger partial charge on any atom is -0.494 e. The van der Waals surface area contributed by atoms with Crippen LogP contribution in [0.3, 0.4) is 0 Å². The van der Waals surface area contributed by atoms with E-state index in [9.17, 15) is 4.79 Å². The minimum absolute atomic E-state index is 0.0310. The first-order chi connectivity index (χ1) is 11.6. The van der Waals surface area contributed by atoms with Crippen molar-refractivity contribution in [3.63, 3.8) is 0 Å². The number of aliphatic hydroxyl groups is 1. The van der Waals surface area contributed by atoms with E-state index in [1.54, 1.807) is 24.3 Å². The normalized spacial score (nSPS) is 11.6. The van der Waals surface area contributed by atoms with Gasteiger partial charge in [-0.05, 0) is 49.3 Å². The first kappa shape index (κ1) is 20.4. The zero-order valence-corrected chi connectivity index (χ0v) is 15.3.